The van der Waals surface area contributed by atoms with E-state index in [1.54, 1.807) is 0 Å². The highest BCUT2D eigenvalue weighted by molar-refractivity contribution is 9.10. The summed E-state index contributed by atoms with van der Waals surface area (Å²) >= 11 is 9.83. The minimum atomic E-state index is 0.463. The molecule has 23 heavy (non-hydrogen) atoms. The number of benzene rings is 2. The molecule has 112 valence electrons. The minimum absolute atomic E-state index is 0.463. The van der Waals surface area contributed by atoms with Gasteiger partial charge in [0.2, 0.25) is 0 Å². The Morgan fingerprint density at radius 2 is 1.65 bits per heavy atom. The van der Waals surface area contributed by atoms with E-state index in [4.69, 9.17) is 11.6 Å². The summed E-state index contributed by atoms with van der Waals surface area (Å²) in [6.45, 7) is 0. The van der Waals surface area contributed by atoms with Crippen LogP contribution < -0.4 is 0 Å². The van der Waals surface area contributed by atoms with E-state index in [2.05, 4.69) is 44.2 Å². The molecule has 2 aromatic heterocycles. The molecule has 2 heterocycles. The third kappa shape index (κ3) is 2.54. The predicted octanol–water partition coefficient (Wildman–Crippen LogP) is 5.50. The van der Waals surface area contributed by atoms with Crippen LogP contribution in [0.15, 0.2) is 71.6 Å². The second-order valence-corrected chi connectivity index (χ2v) is 6.39. The Balaban J connectivity index is 2.03. The van der Waals surface area contributed by atoms with Crippen LogP contribution in [0.5, 0.6) is 0 Å². The Labute approximate surface area is 146 Å². The maximum atomic E-state index is 6.37. The summed E-state index contributed by atoms with van der Waals surface area (Å²) < 4.78 is 3.08. The predicted molar refractivity (Wildman–Crippen MR) is 97.0 cm³/mol. The van der Waals surface area contributed by atoms with Crippen molar-refractivity contribution in [1.29, 1.82) is 0 Å². The van der Waals surface area contributed by atoms with E-state index in [0.717, 1.165) is 32.3 Å². The monoisotopic (exact) mass is 383 g/mol. The largest absolute Gasteiger partial charge is 0.301 e. The quantitative estimate of drug-likeness (QED) is 0.427. The molecule has 0 atom stereocenters. The number of hydrogen-bond acceptors (Lipinski definition) is 2. The Hall–Kier alpha value is -2.17. The van der Waals surface area contributed by atoms with Crippen molar-refractivity contribution in [2.24, 2.45) is 0 Å². The van der Waals surface area contributed by atoms with Gasteiger partial charge in [-0.15, -0.1) is 0 Å². The van der Waals surface area contributed by atoms with Crippen molar-refractivity contribution in [2.45, 2.75) is 0 Å². The zero-order chi connectivity index (χ0) is 15.8. The highest BCUT2D eigenvalue weighted by Gasteiger charge is 2.16. The molecule has 2 aromatic carbocycles. The van der Waals surface area contributed by atoms with Crippen LogP contribution in [0.4, 0.5) is 0 Å². The van der Waals surface area contributed by atoms with Gasteiger partial charge in [-0.25, -0.2) is 9.97 Å². The lowest BCUT2D eigenvalue weighted by Gasteiger charge is -2.04. The van der Waals surface area contributed by atoms with Crippen LogP contribution in [0.1, 0.15) is 0 Å². The molecular formula is C18H11BrClN3. The Kier molecular flexibility index (Phi) is 3.63. The molecule has 0 aliphatic rings. The fourth-order valence-corrected chi connectivity index (χ4v) is 3.15. The van der Waals surface area contributed by atoms with Crippen LogP contribution in [0.3, 0.4) is 0 Å². The molecule has 0 aliphatic carbocycles. The average Bonchev–Trinajstić information content (AvgIpc) is 2.97. The third-order valence-electron chi connectivity index (χ3n) is 3.73. The van der Waals surface area contributed by atoms with Crippen LogP contribution in [-0.4, -0.2) is 14.5 Å². The van der Waals surface area contributed by atoms with E-state index >= 15 is 0 Å². The molecule has 0 bridgehead atoms. The SMILES string of the molecule is Clc1ncnc2c1c(-c1ccccc1)cn2-c1ccc(Br)cc1. The van der Waals surface area contributed by atoms with Crippen LogP contribution >= 0.6 is 27.5 Å². The van der Waals surface area contributed by atoms with Gasteiger partial charge in [0.1, 0.15) is 17.1 Å². The summed E-state index contributed by atoms with van der Waals surface area (Å²) in [5.74, 6) is 0. The lowest BCUT2D eigenvalue weighted by Crippen LogP contribution is -1.93. The molecule has 0 unspecified atom stereocenters. The van der Waals surface area contributed by atoms with Crippen LogP contribution in [-0.2, 0) is 0 Å². The number of rotatable bonds is 2. The van der Waals surface area contributed by atoms with Crippen LogP contribution in [0, 0.1) is 0 Å². The molecule has 0 saturated carbocycles. The van der Waals surface area contributed by atoms with Gasteiger partial charge in [-0.05, 0) is 29.8 Å². The Morgan fingerprint density at radius 1 is 0.913 bits per heavy atom. The molecular weight excluding hydrogens is 374 g/mol. The van der Waals surface area contributed by atoms with Gasteiger partial charge in [0.25, 0.3) is 0 Å². The normalized spacial score (nSPS) is 11.0. The summed E-state index contributed by atoms with van der Waals surface area (Å²) in [6.07, 6.45) is 3.55. The topological polar surface area (TPSA) is 30.7 Å². The Morgan fingerprint density at radius 3 is 2.39 bits per heavy atom. The van der Waals surface area contributed by atoms with E-state index in [-0.39, 0.29) is 0 Å². The first-order chi connectivity index (χ1) is 11.2. The Bertz CT molecular complexity index is 979. The van der Waals surface area contributed by atoms with Crippen molar-refractivity contribution in [1.82, 2.24) is 14.5 Å². The minimum Gasteiger partial charge on any atom is -0.301 e. The highest BCUT2D eigenvalue weighted by Crippen LogP contribution is 2.34. The lowest BCUT2D eigenvalue weighted by atomic mass is 10.1. The molecule has 0 spiro atoms. The zero-order valence-electron chi connectivity index (χ0n) is 11.9. The van der Waals surface area contributed by atoms with Gasteiger partial charge in [-0.3, -0.25) is 0 Å². The zero-order valence-corrected chi connectivity index (χ0v) is 14.3. The molecule has 3 nitrogen and oxygen atoms in total. The molecule has 0 amide bonds. The summed E-state index contributed by atoms with van der Waals surface area (Å²) in [4.78, 5) is 8.59. The van der Waals surface area contributed by atoms with E-state index < -0.39 is 0 Å². The number of aromatic nitrogens is 3. The maximum absolute atomic E-state index is 6.37. The fourth-order valence-electron chi connectivity index (χ4n) is 2.66. The van der Waals surface area contributed by atoms with Crippen LogP contribution in [0.2, 0.25) is 5.15 Å². The number of hydrogen-bond donors (Lipinski definition) is 0. The first-order valence-corrected chi connectivity index (χ1v) is 8.24. The molecule has 0 saturated heterocycles. The molecule has 4 aromatic rings. The van der Waals surface area contributed by atoms with Gasteiger partial charge < -0.3 is 4.57 Å². The van der Waals surface area contributed by atoms with Crippen molar-refractivity contribution >= 4 is 38.6 Å². The van der Waals surface area contributed by atoms with Gasteiger partial charge in [0, 0.05) is 21.9 Å². The van der Waals surface area contributed by atoms with Gasteiger partial charge >= 0.3 is 0 Å². The molecule has 0 N–H and O–H groups in total. The van der Waals surface area contributed by atoms with Crippen molar-refractivity contribution in [3.05, 3.63) is 76.7 Å². The molecule has 4 rings (SSSR count). The van der Waals surface area contributed by atoms with Crippen molar-refractivity contribution in [3.8, 4) is 16.8 Å². The second-order valence-electron chi connectivity index (χ2n) is 5.12. The summed E-state index contributed by atoms with van der Waals surface area (Å²) in [6, 6.07) is 18.2. The first-order valence-electron chi connectivity index (χ1n) is 7.07. The van der Waals surface area contributed by atoms with Gasteiger partial charge in [-0.1, -0.05) is 57.9 Å². The molecule has 0 fully saturated rings. The maximum Gasteiger partial charge on any atom is 0.150 e. The molecule has 5 heteroatoms. The standard InChI is InChI=1S/C18H11BrClN3/c19-13-6-8-14(9-7-13)23-10-15(12-4-2-1-3-5-12)16-17(20)21-11-22-18(16)23/h1-11H. The van der Waals surface area contributed by atoms with Gasteiger partial charge in [0.05, 0.1) is 5.39 Å². The van der Waals surface area contributed by atoms with E-state index in [1.165, 1.54) is 6.33 Å². The number of halogens is 2. The third-order valence-corrected chi connectivity index (χ3v) is 4.54. The second kappa shape index (κ2) is 5.80. The van der Waals surface area contributed by atoms with Crippen molar-refractivity contribution in [3.63, 3.8) is 0 Å². The lowest BCUT2D eigenvalue weighted by molar-refractivity contribution is 1.07. The molecule has 0 radical (unpaired) electrons. The smallest absolute Gasteiger partial charge is 0.150 e. The molecule has 0 aliphatic heterocycles. The average molecular weight is 385 g/mol. The van der Waals surface area contributed by atoms with E-state index in [9.17, 15) is 0 Å². The van der Waals surface area contributed by atoms with E-state index in [0.29, 0.717) is 5.15 Å². The summed E-state index contributed by atoms with van der Waals surface area (Å²) in [5, 5.41) is 1.33. The number of fused-ring (bicyclic) bond motifs is 1. The summed E-state index contributed by atoms with van der Waals surface area (Å²) in [7, 11) is 0. The fraction of sp³-hybridized carbons (Fsp3) is 0. The van der Waals surface area contributed by atoms with Gasteiger partial charge in [0.15, 0.2) is 0 Å². The van der Waals surface area contributed by atoms with Crippen molar-refractivity contribution < 1.29 is 0 Å². The van der Waals surface area contributed by atoms with Crippen LogP contribution in [0.25, 0.3) is 27.8 Å². The van der Waals surface area contributed by atoms with Crippen molar-refractivity contribution in [2.75, 3.05) is 0 Å². The van der Waals surface area contributed by atoms with E-state index in [1.807, 2.05) is 47.0 Å². The van der Waals surface area contributed by atoms with Gasteiger partial charge in [-0.2, -0.15) is 0 Å². The number of nitrogens with zero attached hydrogens (tertiary/aromatic N) is 3. The summed E-state index contributed by atoms with van der Waals surface area (Å²) in [5.41, 5.74) is 3.93. The highest BCUT2D eigenvalue weighted by atomic mass is 79.9. The first kappa shape index (κ1) is 14.4.